The van der Waals surface area contributed by atoms with Crippen LogP contribution in [0.3, 0.4) is 0 Å². The van der Waals surface area contributed by atoms with Crippen LogP contribution in [-0.4, -0.2) is 28.0 Å². The number of carbonyl (C=O) groups excluding carboxylic acids is 1. The first-order valence-electron chi connectivity index (χ1n) is 6.79. The quantitative estimate of drug-likeness (QED) is 0.883. The number of nitrogens with one attached hydrogen (secondary N) is 1. The molecule has 0 atom stereocenters. The minimum absolute atomic E-state index is 0.0351. The van der Waals surface area contributed by atoms with E-state index in [1.165, 1.54) is 25.7 Å². The second kappa shape index (κ2) is 6.35. The largest absolute Gasteiger partial charge is 0.349 e. The summed E-state index contributed by atoms with van der Waals surface area (Å²) in [5, 5.41) is 3.12. The minimum atomic E-state index is 0.0351. The van der Waals surface area contributed by atoms with Gasteiger partial charge in [0.25, 0.3) is 5.91 Å². The number of aryl methyl sites for hydroxylation is 1. The number of thioether (sulfide) groups is 1. The highest BCUT2D eigenvalue weighted by atomic mass is 79.9. The summed E-state index contributed by atoms with van der Waals surface area (Å²) >= 11 is 5.33. The molecule has 1 aliphatic rings. The first-order valence-corrected chi connectivity index (χ1v) is 8.81. The topological polar surface area (TPSA) is 34.0 Å². The molecule has 3 nitrogen and oxygen atoms in total. The molecule has 1 N–H and O–H groups in total. The summed E-state index contributed by atoms with van der Waals surface area (Å²) in [7, 11) is 0. The summed E-state index contributed by atoms with van der Waals surface area (Å²) in [6.45, 7) is 3.63. The van der Waals surface area contributed by atoms with Crippen LogP contribution in [0.15, 0.2) is 16.7 Å². The molecule has 1 aromatic heterocycles. The van der Waals surface area contributed by atoms with Gasteiger partial charge in [0.15, 0.2) is 0 Å². The van der Waals surface area contributed by atoms with Gasteiger partial charge in [-0.15, -0.1) is 0 Å². The molecular weight excluding hydrogens is 324 g/mol. The summed E-state index contributed by atoms with van der Waals surface area (Å²) in [6, 6.07) is 1.89. The molecule has 1 saturated carbocycles. The van der Waals surface area contributed by atoms with E-state index in [0.29, 0.717) is 0 Å². The molecule has 1 aliphatic carbocycles. The maximum absolute atomic E-state index is 12.3. The molecule has 0 aliphatic heterocycles. The molecule has 1 fully saturated rings. The number of rotatable bonds is 5. The van der Waals surface area contributed by atoms with Gasteiger partial charge in [-0.1, -0.05) is 12.8 Å². The smallest absolute Gasteiger partial charge is 0.267 e. The Labute approximate surface area is 127 Å². The fourth-order valence-corrected chi connectivity index (χ4v) is 4.11. The van der Waals surface area contributed by atoms with Crippen molar-refractivity contribution in [3.05, 3.63) is 22.4 Å². The van der Waals surface area contributed by atoms with E-state index in [2.05, 4.69) is 27.5 Å². The molecule has 0 bridgehead atoms. The Bertz CT molecular complexity index is 452. The number of carbonyl (C=O) groups is 1. The van der Waals surface area contributed by atoms with E-state index < -0.39 is 0 Å². The molecule has 0 unspecified atom stereocenters. The standard InChI is InChI=1S/C14H21BrN2OS/c1-3-17-9-11(15)8-12(17)13(18)16-10-14(19-2)6-4-5-7-14/h8-9H,3-7,10H2,1-2H3,(H,16,18). The van der Waals surface area contributed by atoms with Crippen molar-refractivity contribution in [2.45, 2.75) is 43.9 Å². The normalized spacial score (nSPS) is 17.6. The zero-order valence-electron chi connectivity index (χ0n) is 11.5. The molecule has 0 spiro atoms. The number of hydrogen-bond acceptors (Lipinski definition) is 2. The average Bonchev–Trinajstić information content (AvgIpc) is 3.03. The van der Waals surface area contributed by atoms with Crippen molar-refractivity contribution in [1.82, 2.24) is 9.88 Å². The Hall–Kier alpha value is -0.420. The predicted octanol–water partition coefficient (Wildman–Crippen LogP) is 3.68. The van der Waals surface area contributed by atoms with Crippen molar-refractivity contribution >= 4 is 33.6 Å². The number of aromatic nitrogens is 1. The average molecular weight is 345 g/mol. The van der Waals surface area contributed by atoms with Crippen LogP contribution in [0.4, 0.5) is 0 Å². The van der Waals surface area contributed by atoms with E-state index >= 15 is 0 Å². The monoisotopic (exact) mass is 344 g/mol. The minimum Gasteiger partial charge on any atom is -0.349 e. The van der Waals surface area contributed by atoms with Gasteiger partial charge < -0.3 is 9.88 Å². The lowest BCUT2D eigenvalue weighted by molar-refractivity contribution is 0.0940. The molecule has 1 heterocycles. The van der Waals surface area contributed by atoms with Crippen LogP contribution in [0.5, 0.6) is 0 Å². The van der Waals surface area contributed by atoms with Gasteiger partial charge >= 0.3 is 0 Å². The van der Waals surface area contributed by atoms with Crippen molar-refractivity contribution in [3.8, 4) is 0 Å². The number of amides is 1. The fourth-order valence-electron chi connectivity index (χ4n) is 2.73. The summed E-state index contributed by atoms with van der Waals surface area (Å²) in [5.74, 6) is 0.0351. The third-order valence-electron chi connectivity index (χ3n) is 3.96. The Morgan fingerprint density at radius 2 is 2.21 bits per heavy atom. The van der Waals surface area contributed by atoms with Crippen LogP contribution in [-0.2, 0) is 6.54 Å². The molecular formula is C14H21BrN2OS. The Morgan fingerprint density at radius 1 is 1.53 bits per heavy atom. The van der Waals surface area contributed by atoms with E-state index in [1.54, 1.807) is 0 Å². The van der Waals surface area contributed by atoms with Crippen molar-refractivity contribution in [3.63, 3.8) is 0 Å². The number of nitrogens with zero attached hydrogens (tertiary/aromatic N) is 1. The van der Waals surface area contributed by atoms with E-state index in [-0.39, 0.29) is 10.7 Å². The highest BCUT2D eigenvalue weighted by Gasteiger charge is 2.33. The third-order valence-corrected chi connectivity index (χ3v) is 5.81. The van der Waals surface area contributed by atoms with Gasteiger partial charge in [-0.3, -0.25) is 4.79 Å². The molecule has 106 valence electrons. The lowest BCUT2D eigenvalue weighted by Crippen LogP contribution is -2.39. The predicted molar refractivity (Wildman–Crippen MR) is 84.9 cm³/mol. The SMILES string of the molecule is CCn1cc(Br)cc1C(=O)NCC1(SC)CCCC1. The highest BCUT2D eigenvalue weighted by molar-refractivity contribution is 9.10. The molecule has 0 saturated heterocycles. The third kappa shape index (κ3) is 3.37. The van der Waals surface area contributed by atoms with Crippen LogP contribution >= 0.6 is 27.7 Å². The van der Waals surface area contributed by atoms with Crippen molar-refractivity contribution in [1.29, 1.82) is 0 Å². The zero-order valence-corrected chi connectivity index (χ0v) is 13.9. The summed E-state index contributed by atoms with van der Waals surface area (Å²) < 4.78 is 3.19. The molecule has 5 heteroatoms. The molecule has 1 amide bonds. The van der Waals surface area contributed by atoms with Crippen LogP contribution in [0.1, 0.15) is 43.1 Å². The van der Waals surface area contributed by atoms with Gasteiger partial charge in [-0.2, -0.15) is 11.8 Å². The van der Waals surface area contributed by atoms with Gasteiger partial charge in [0.05, 0.1) is 0 Å². The van der Waals surface area contributed by atoms with Crippen LogP contribution in [0, 0.1) is 0 Å². The maximum atomic E-state index is 12.3. The second-order valence-electron chi connectivity index (χ2n) is 5.11. The van der Waals surface area contributed by atoms with Gasteiger partial charge in [0.1, 0.15) is 5.69 Å². The first-order chi connectivity index (χ1) is 9.10. The van der Waals surface area contributed by atoms with Crippen LogP contribution in [0.25, 0.3) is 0 Å². The molecule has 2 rings (SSSR count). The zero-order chi connectivity index (χ0) is 13.9. The van der Waals surface area contributed by atoms with E-state index in [1.807, 2.05) is 35.5 Å². The van der Waals surface area contributed by atoms with Crippen molar-refractivity contribution < 1.29 is 4.79 Å². The molecule has 1 aromatic rings. The van der Waals surface area contributed by atoms with Gasteiger partial charge in [0.2, 0.25) is 0 Å². The Kier molecular flexibility index (Phi) is 5.01. The van der Waals surface area contributed by atoms with E-state index in [4.69, 9.17) is 0 Å². The molecule has 19 heavy (non-hydrogen) atoms. The lowest BCUT2D eigenvalue weighted by Gasteiger charge is -2.26. The van der Waals surface area contributed by atoms with Crippen LogP contribution < -0.4 is 5.32 Å². The first kappa shape index (κ1) is 15.0. The highest BCUT2D eigenvalue weighted by Crippen LogP contribution is 2.39. The van der Waals surface area contributed by atoms with Gasteiger partial charge in [-0.05, 0) is 48.0 Å². The van der Waals surface area contributed by atoms with E-state index in [0.717, 1.165) is 23.3 Å². The van der Waals surface area contributed by atoms with Crippen LogP contribution in [0.2, 0.25) is 0 Å². The molecule has 0 radical (unpaired) electrons. The van der Waals surface area contributed by atoms with Crippen molar-refractivity contribution in [2.24, 2.45) is 0 Å². The summed E-state index contributed by atoms with van der Waals surface area (Å²) in [4.78, 5) is 12.3. The number of hydrogen-bond donors (Lipinski definition) is 1. The lowest BCUT2D eigenvalue weighted by atomic mass is 10.1. The second-order valence-corrected chi connectivity index (χ2v) is 7.30. The summed E-state index contributed by atoms with van der Waals surface area (Å²) in [5.41, 5.74) is 0.739. The van der Waals surface area contributed by atoms with Gasteiger partial charge in [-0.25, -0.2) is 0 Å². The maximum Gasteiger partial charge on any atom is 0.267 e. The Balaban J connectivity index is 2.01. The molecule has 0 aromatic carbocycles. The Morgan fingerprint density at radius 3 is 2.79 bits per heavy atom. The fraction of sp³-hybridized carbons (Fsp3) is 0.643. The number of halogens is 1. The van der Waals surface area contributed by atoms with Gasteiger partial charge in [0, 0.05) is 28.5 Å². The summed E-state index contributed by atoms with van der Waals surface area (Å²) in [6.07, 6.45) is 9.11. The van der Waals surface area contributed by atoms with Crippen molar-refractivity contribution in [2.75, 3.05) is 12.8 Å². The van der Waals surface area contributed by atoms with E-state index in [9.17, 15) is 4.79 Å².